The SMILES string of the molecule is CCc1cnc(CCNc2cc(C)nc3nc(C(F)(F)F)nn23)s1. The minimum Gasteiger partial charge on any atom is -0.369 e. The maximum absolute atomic E-state index is 12.8. The summed E-state index contributed by atoms with van der Waals surface area (Å²) in [6.07, 6.45) is -1.14. The molecule has 0 unspecified atom stereocenters. The highest BCUT2D eigenvalue weighted by Gasteiger charge is 2.36. The quantitative estimate of drug-likeness (QED) is 0.761. The Morgan fingerprint density at radius 1 is 1.29 bits per heavy atom. The molecule has 0 saturated carbocycles. The van der Waals surface area contributed by atoms with Gasteiger partial charge in [0.2, 0.25) is 0 Å². The molecule has 6 nitrogen and oxygen atoms in total. The van der Waals surface area contributed by atoms with E-state index in [0.29, 0.717) is 24.5 Å². The molecule has 3 rings (SSSR count). The number of rotatable bonds is 5. The molecule has 0 aromatic carbocycles. The Hall–Kier alpha value is -2.23. The first-order valence-electron chi connectivity index (χ1n) is 7.36. The molecule has 0 amide bonds. The smallest absolute Gasteiger partial charge is 0.369 e. The highest BCUT2D eigenvalue weighted by Crippen LogP contribution is 2.27. The molecule has 0 saturated heterocycles. The summed E-state index contributed by atoms with van der Waals surface area (Å²) in [6, 6.07) is 1.64. The predicted octanol–water partition coefficient (Wildman–Crippen LogP) is 3.13. The molecule has 3 aromatic rings. The van der Waals surface area contributed by atoms with E-state index < -0.39 is 12.0 Å². The van der Waals surface area contributed by atoms with Crippen molar-refractivity contribution in [2.24, 2.45) is 0 Å². The number of nitrogens with one attached hydrogen (secondary N) is 1. The molecule has 0 atom stereocenters. The lowest BCUT2D eigenvalue weighted by Crippen LogP contribution is -2.11. The van der Waals surface area contributed by atoms with E-state index in [2.05, 4.69) is 32.3 Å². The molecule has 0 fully saturated rings. The summed E-state index contributed by atoms with van der Waals surface area (Å²) in [5.41, 5.74) is 0.564. The molecule has 128 valence electrons. The molecular weight excluding hydrogens is 341 g/mol. The number of halogens is 3. The molecule has 10 heteroatoms. The first-order valence-corrected chi connectivity index (χ1v) is 8.17. The van der Waals surface area contributed by atoms with Crippen molar-refractivity contribution in [2.75, 3.05) is 11.9 Å². The first kappa shape index (κ1) is 16.6. The van der Waals surface area contributed by atoms with Crippen molar-refractivity contribution in [1.82, 2.24) is 24.6 Å². The summed E-state index contributed by atoms with van der Waals surface area (Å²) in [5.74, 6) is -0.851. The van der Waals surface area contributed by atoms with Gasteiger partial charge in [-0.3, -0.25) is 0 Å². The summed E-state index contributed by atoms with van der Waals surface area (Å²) in [6.45, 7) is 4.28. The third kappa shape index (κ3) is 3.48. The van der Waals surface area contributed by atoms with E-state index in [9.17, 15) is 13.2 Å². The lowest BCUT2D eigenvalue weighted by molar-refractivity contribution is -0.144. The molecule has 0 aliphatic rings. The predicted molar refractivity (Wildman–Crippen MR) is 84.2 cm³/mol. The van der Waals surface area contributed by atoms with Crippen LogP contribution in [-0.2, 0) is 19.0 Å². The van der Waals surface area contributed by atoms with Gasteiger partial charge in [-0.25, -0.2) is 9.97 Å². The molecule has 1 N–H and O–H groups in total. The minimum atomic E-state index is -4.60. The molecule has 3 aromatic heterocycles. The molecule has 0 aliphatic heterocycles. The Balaban J connectivity index is 1.79. The van der Waals surface area contributed by atoms with Gasteiger partial charge >= 0.3 is 6.18 Å². The third-order valence-electron chi connectivity index (χ3n) is 3.29. The van der Waals surface area contributed by atoms with Crippen molar-refractivity contribution >= 4 is 22.9 Å². The summed E-state index contributed by atoms with van der Waals surface area (Å²) in [5, 5.41) is 7.58. The lowest BCUT2D eigenvalue weighted by Gasteiger charge is -2.07. The van der Waals surface area contributed by atoms with Gasteiger partial charge in [-0.15, -0.1) is 16.4 Å². The molecule has 0 spiro atoms. The van der Waals surface area contributed by atoms with Gasteiger partial charge in [0.15, 0.2) is 0 Å². The molecule has 24 heavy (non-hydrogen) atoms. The second kappa shape index (κ2) is 6.34. The number of hydrogen-bond acceptors (Lipinski definition) is 6. The number of alkyl halides is 3. The normalized spacial score (nSPS) is 12.0. The zero-order valence-electron chi connectivity index (χ0n) is 13.1. The van der Waals surface area contributed by atoms with Crippen LogP contribution in [0, 0.1) is 6.92 Å². The van der Waals surface area contributed by atoms with E-state index >= 15 is 0 Å². The number of hydrogen-bond donors (Lipinski definition) is 1. The zero-order chi connectivity index (χ0) is 17.3. The van der Waals surface area contributed by atoms with Crippen molar-refractivity contribution in [1.29, 1.82) is 0 Å². The largest absolute Gasteiger partial charge is 0.453 e. The van der Waals surface area contributed by atoms with Crippen LogP contribution in [0.15, 0.2) is 12.3 Å². The van der Waals surface area contributed by atoms with E-state index in [1.165, 1.54) is 4.88 Å². The van der Waals surface area contributed by atoms with Crippen molar-refractivity contribution in [3.63, 3.8) is 0 Å². The van der Waals surface area contributed by atoms with Crippen LogP contribution in [-0.4, -0.2) is 31.1 Å². The second-order valence-corrected chi connectivity index (χ2v) is 6.38. The monoisotopic (exact) mass is 356 g/mol. The fraction of sp³-hybridized carbons (Fsp3) is 0.429. The van der Waals surface area contributed by atoms with Gasteiger partial charge in [-0.1, -0.05) is 6.92 Å². The van der Waals surface area contributed by atoms with Crippen LogP contribution in [0.5, 0.6) is 0 Å². The molecule has 0 aliphatic carbocycles. The molecule has 3 heterocycles. The van der Waals surface area contributed by atoms with Gasteiger partial charge in [-0.2, -0.15) is 22.7 Å². The fourth-order valence-electron chi connectivity index (χ4n) is 2.16. The van der Waals surface area contributed by atoms with Gasteiger partial charge in [0.25, 0.3) is 11.6 Å². The highest BCUT2D eigenvalue weighted by molar-refractivity contribution is 7.11. The number of nitrogens with zero attached hydrogens (tertiary/aromatic N) is 5. The van der Waals surface area contributed by atoms with Crippen LogP contribution < -0.4 is 5.32 Å². The van der Waals surface area contributed by atoms with E-state index in [-0.39, 0.29) is 5.78 Å². The van der Waals surface area contributed by atoms with Crippen molar-refractivity contribution < 1.29 is 13.2 Å². The number of aromatic nitrogens is 5. The number of aryl methyl sites for hydroxylation is 2. The first-order chi connectivity index (χ1) is 11.4. The Kier molecular flexibility index (Phi) is 4.39. The molecular formula is C14H15F3N6S. The van der Waals surface area contributed by atoms with Crippen molar-refractivity contribution in [3.8, 4) is 0 Å². The number of anilines is 1. The fourth-order valence-corrected chi connectivity index (χ4v) is 3.02. The Morgan fingerprint density at radius 2 is 2.08 bits per heavy atom. The van der Waals surface area contributed by atoms with Crippen molar-refractivity contribution in [3.05, 3.63) is 33.7 Å². The van der Waals surface area contributed by atoms with Crippen LogP contribution in [0.2, 0.25) is 0 Å². The Labute approximate surface area is 139 Å². The van der Waals surface area contributed by atoms with Gasteiger partial charge in [0.1, 0.15) is 5.82 Å². The molecule has 0 bridgehead atoms. The van der Waals surface area contributed by atoms with Crippen LogP contribution >= 0.6 is 11.3 Å². The lowest BCUT2D eigenvalue weighted by atomic mass is 10.4. The van der Waals surface area contributed by atoms with Crippen LogP contribution in [0.1, 0.15) is 28.3 Å². The van der Waals surface area contributed by atoms with Crippen LogP contribution in [0.25, 0.3) is 5.78 Å². The van der Waals surface area contributed by atoms with Gasteiger partial charge in [-0.05, 0) is 13.3 Å². The van der Waals surface area contributed by atoms with E-state index in [4.69, 9.17) is 0 Å². The summed E-state index contributed by atoms with van der Waals surface area (Å²) in [7, 11) is 0. The van der Waals surface area contributed by atoms with Gasteiger partial charge < -0.3 is 5.32 Å². The number of fused-ring (bicyclic) bond motifs is 1. The van der Waals surface area contributed by atoms with Crippen LogP contribution in [0.4, 0.5) is 19.0 Å². The molecule has 0 radical (unpaired) electrons. The van der Waals surface area contributed by atoms with Crippen molar-refractivity contribution in [2.45, 2.75) is 32.9 Å². The minimum absolute atomic E-state index is 0.0765. The summed E-state index contributed by atoms with van der Waals surface area (Å²) < 4.78 is 39.4. The van der Waals surface area contributed by atoms with Crippen LogP contribution in [0.3, 0.4) is 0 Å². The summed E-state index contributed by atoms with van der Waals surface area (Å²) >= 11 is 1.64. The maximum Gasteiger partial charge on any atom is 0.453 e. The zero-order valence-corrected chi connectivity index (χ0v) is 13.9. The van der Waals surface area contributed by atoms with E-state index in [0.717, 1.165) is 15.9 Å². The standard InChI is InChI=1S/C14H15F3N6S/c1-3-9-7-19-11(24-9)4-5-18-10-6-8(2)20-13-21-12(14(15,16)17)22-23(10)13/h6-7,18H,3-5H2,1-2H3. The summed E-state index contributed by atoms with van der Waals surface area (Å²) in [4.78, 5) is 13.0. The van der Waals surface area contributed by atoms with Gasteiger partial charge in [0, 0.05) is 35.8 Å². The highest BCUT2D eigenvalue weighted by atomic mass is 32.1. The maximum atomic E-state index is 12.8. The topological polar surface area (TPSA) is 68.0 Å². The Bertz CT molecular complexity index is 854. The average Bonchev–Trinajstić information content (AvgIpc) is 3.12. The average molecular weight is 356 g/mol. The number of thiazole rings is 1. The third-order valence-corrected chi connectivity index (χ3v) is 4.49. The second-order valence-electron chi connectivity index (χ2n) is 5.18. The van der Waals surface area contributed by atoms with E-state index in [1.54, 1.807) is 24.3 Å². The Morgan fingerprint density at radius 3 is 2.75 bits per heavy atom. The van der Waals surface area contributed by atoms with Gasteiger partial charge in [0.05, 0.1) is 5.01 Å². The van der Waals surface area contributed by atoms with E-state index in [1.807, 2.05) is 6.20 Å².